The monoisotopic (exact) mass is 463 g/mol. The molecule has 0 radical (unpaired) electrons. The summed E-state index contributed by atoms with van der Waals surface area (Å²) in [5.41, 5.74) is 3.56. The number of ether oxygens (including phenoxy) is 1. The second-order valence-electron chi connectivity index (χ2n) is 6.23. The Hall–Kier alpha value is -1.52. The maximum absolute atomic E-state index is 5.91. The van der Waals surface area contributed by atoms with E-state index in [4.69, 9.17) is 27.9 Å². The smallest absolute Gasteiger partial charge is 0.134 e. The first-order valence-corrected chi connectivity index (χ1v) is 10.3. The van der Waals surface area contributed by atoms with Gasteiger partial charge in [0, 0.05) is 16.6 Å². The summed E-state index contributed by atoms with van der Waals surface area (Å²) >= 11 is 15.4. The molecule has 140 valence electrons. The van der Waals surface area contributed by atoms with E-state index >= 15 is 0 Å². The van der Waals surface area contributed by atoms with Crippen LogP contribution < -0.4 is 10.1 Å². The van der Waals surface area contributed by atoms with E-state index in [9.17, 15) is 0 Å². The number of rotatable bonds is 8. The molecule has 0 saturated carbocycles. The van der Waals surface area contributed by atoms with Crippen LogP contribution in [-0.2, 0) is 19.6 Å². The van der Waals surface area contributed by atoms with Crippen LogP contribution in [0.4, 0.5) is 0 Å². The predicted octanol–water partition coefficient (Wildman–Crippen LogP) is 6.67. The fraction of sp³-hybridized carbons (Fsp3) is 0.182. The minimum atomic E-state index is 0.508. The summed E-state index contributed by atoms with van der Waals surface area (Å²) in [6.45, 7) is 2.23. The van der Waals surface area contributed by atoms with Gasteiger partial charge in [0.15, 0.2) is 0 Å². The van der Waals surface area contributed by atoms with E-state index in [0.29, 0.717) is 6.61 Å². The van der Waals surface area contributed by atoms with E-state index in [1.165, 1.54) is 11.1 Å². The second kappa shape index (κ2) is 10.1. The van der Waals surface area contributed by atoms with Crippen molar-refractivity contribution in [3.05, 3.63) is 97.9 Å². The van der Waals surface area contributed by atoms with Crippen molar-refractivity contribution >= 4 is 39.1 Å². The molecule has 5 heteroatoms. The van der Waals surface area contributed by atoms with E-state index < -0.39 is 0 Å². The number of halogens is 3. The maximum atomic E-state index is 5.91. The molecule has 3 aromatic carbocycles. The zero-order valence-electron chi connectivity index (χ0n) is 14.7. The van der Waals surface area contributed by atoms with Gasteiger partial charge in [0.05, 0.1) is 4.47 Å². The van der Waals surface area contributed by atoms with Crippen LogP contribution in [-0.4, -0.2) is 6.54 Å². The van der Waals surface area contributed by atoms with Crippen molar-refractivity contribution in [2.45, 2.75) is 19.6 Å². The Morgan fingerprint density at radius 2 is 1.37 bits per heavy atom. The summed E-state index contributed by atoms with van der Waals surface area (Å²) in [7, 11) is 0. The fourth-order valence-corrected chi connectivity index (χ4v) is 3.42. The van der Waals surface area contributed by atoms with Crippen LogP contribution in [0.15, 0.2) is 71.2 Å². The van der Waals surface area contributed by atoms with Crippen LogP contribution in [0.1, 0.15) is 16.7 Å². The van der Waals surface area contributed by atoms with Crippen molar-refractivity contribution in [2.75, 3.05) is 6.54 Å². The van der Waals surface area contributed by atoms with Gasteiger partial charge in [-0.05, 0) is 82.0 Å². The molecule has 0 unspecified atom stereocenters. The first-order valence-electron chi connectivity index (χ1n) is 8.71. The topological polar surface area (TPSA) is 21.3 Å². The van der Waals surface area contributed by atoms with E-state index in [1.54, 1.807) is 0 Å². The van der Waals surface area contributed by atoms with Crippen LogP contribution >= 0.6 is 39.1 Å². The van der Waals surface area contributed by atoms with Crippen LogP contribution in [0.25, 0.3) is 0 Å². The van der Waals surface area contributed by atoms with E-state index in [1.807, 2.05) is 42.5 Å². The molecular formula is C22H20BrCl2NO. The van der Waals surface area contributed by atoms with E-state index in [-0.39, 0.29) is 0 Å². The van der Waals surface area contributed by atoms with Gasteiger partial charge in [0.25, 0.3) is 0 Å². The lowest BCUT2D eigenvalue weighted by Crippen LogP contribution is -2.16. The average Bonchev–Trinajstić information content (AvgIpc) is 2.67. The third-order valence-corrected chi connectivity index (χ3v) is 5.26. The van der Waals surface area contributed by atoms with Gasteiger partial charge in [-0.15, -0.1) is 0 Å². The van der Waals surface area contributed by atoms with Gasteiger partial charge in [-0.2, -0.15) is 0 Å². The lowest BCUT2D eigenvalue weighted by atomic mass is 10.1. The summed E-state index contributed by atoms with van der Waals surface area (Å²) in [4.78, 5) is 0. The standard InChI is InChI=1S/C22H20BrCl2NO/c23-21-13-18(14-26-12-11-16-1-6-19(24)7-2-16)5-10-22(21)27-15-17-3-8-20(25)9-4-17/h1-10,13,26H,11-12,14-15H2. The number of hydrogen-bond acceptors (Lipinski definition) is 2. The van der Waals surface area contributed by atoms with Gasteiger partial charge < -0.3 is 10.1 Å². The quantitative estimate of drug-likeness (QED) is 0.376. The van der Waals surface area contributed by atoms with Gasteiger partial charge in [-0.1, -0.05) is 53.5 Å². The van der Waals surface area contributed by atoms with Crippen molar-refractivity contribution in [2.24, 2.45) is 0 Å². The molecule has 3 rings (SSSR count). The molecule has 0 fully saturated rings. The van der Waals surface area contributed by atoms with Crippen LogP contribution in [0.2, 0.25) is 10.0 Å². The molecule has 0 atom stereocenters. The molecule has 1 N–H and O–H groups in total. The van der Waals surface area contributed by atoms with Crippen LogP contribution in [0.5, 0.6) is 5.75 Å². The lowest BCUT2D eigenvalue weighted by Gasteiger charge is -2.11. The normalized spacial score (nSPS) is 10.8. The van der Waals surface area contributed by atoms with Gasteiger partial charge >= 0.3 is 0 Å². The zero-order chi connectivity index (χ0) is 19.1. The Balaban J connectivity index is 1.46. The molecule has 3 aromatic rings. The number of nitrogens with one attached hydrogen (secondary N) is 1. The Morgan fingerprint density at radius 3 is 2.00 bits per heavy atom. The molecular weight excluding hydrogens is 445 g/mol. The summed E-state index contributed by atoms with van der Waals surface area (Å²) in [5.74, 6) is 0.829. The molecule has 0 aliphatic rings. The van der Waals surface area contributed by atoms with Crippen molar-refractivity contribution in [3.8, 4) is 5.75 Å². The highest BCUT2D eigenvalue weighted by Gasteiger charge is 2.04. The number of benzene rings is 3. The Bertz CT molecular complexity index is 866. The SMILES string of the molecule is Clc1ccc(CCNCc2ccc(OCc3ccc(Cl)cc3)c(Br)c2)cc1. The van der Waals surface area contributed by atoms with Gasteiger partial charge in [-0.25, -0.2) is 0 Å². The van der Waals surface area contributed by atoms with Crippen molar-refractivity contribution < 1.29 is 4.74 Å². The molecule has 0 bridgehead atoms. The first kappa shape index (κ1) is 20.2. The summed E-state index contributed by atoms with van der Waals surface area (Å²) in [6.07, 6.45) is 0.973. The third-order valence-electron chi connectivity index (χ3n) is 4.14. The van der Waals surface area contributed by atoms with Crippen molar-refractivity contribution in [1.29, 1.82) is 0 Å². The maximum Gasteiger partial charge on any atom is 0.134 e. The summed E-state index contributed by atoms with van der Waals surface area (Å²) in [6, 6.07) is 21.8. The molecule has 2 nitrogen and oxygen atoms in total. The lowest BCUT2D eigenvalue weighted by molar-refractivity contribution is 0.304. The molecule has 0 saturated heterocycles. The van der Waals surface area contributed by atoms with E-state index in [2.05, 4.69) is 45.5 Å². The van der Waals surface area contributed by atoms with Gasteiger partial charge in [-0.3, -0.25) is 0 Å². The molecule has 0 heterocycles. The van der Waals surface area contributed by atoms with Crippen molar-refractivity contribution in [3.63, 3.8) is 0 Å². The third kappa shape index (κ3) is 6.54. The van der Waals surface area contributed by atoms with Crippen LogP contribution in [0.3, 0.4) is 0 Å². The molecule has 0 aliphatic heterocycles. The van der Waals surface area contributed by atoms with Gasteiger partial charge in [0.1, 0.15) is 12.4 Å². The average molecular weight is 465 g/mol. The predicted molar refractivity (Wildman–Crippen MR) is 117 cm³/mol. The summed E-state index contributed by atoms with van der Waals surface area (Å²) < 4.78 is 6.84. The van der Waals surface area contributed by atoms with Crippen molar-refractivity contribution in [1.82, 2.24) is 5.32 Å². The first-order chi connectivity index (χ1) is 13.1. The molecule has 0 aliphatic carbocycles. The largest absolute Gasteiger partial charge is 0.488 e. The van der Waals surface area contributed by atoms with E-state index in [0.717, 1.165) is 45.3 Å². The molecule has 0 aromatic heterocycles. The van der Waals surface area contributed by atoms with Crippen LogP contribution in [0, 0.1) is 0 Å². The Kier molecular flexibility index (Phi) is 7.59. The summed E-state index contributed by atoms with van der Waals surface area (Å²) in [5, 5.41) is 4.97. The molecule has 27 heavy (non-hydrogen) atoms. The number of hydrogen-bond donors (Lipinski definition) is 1. The molecule has 0 spiro atoms. The Labute approximate surface area is 178 Å². The van der Waals surface area contributed by atoms with Gasteiger partial charge in [0.2, 0.25) is 0 Å². The second-order valence-corrected chi connectivity index (χ2v) is 7.96. The highest BCUT2D eigenvalue weighted by atomic mass is 79.9. The minimum Gasteiger partial charge on any atom is -0.488 e. The fourth-order valence-electron chi connectivity index (χ4n) is 2.63. The highest BCUT2D eigenvalue weighted by Crippen LogP contribution is 2.27. The minimum absolute atomic E-state index is 0.508. The highest BCUT2D eigenvalue weighted by molar-refractivity contribution is 9.10. The zero-order valence-corrected chi connectivity index (χ0v) is 17.8. The Morgan fingerprint density at radius 1 is 0.778 bits per heavy atom. The molecule has 0 amide bonds.